The van der Waals surface area contributed by atoms with E-state index in [1.54, 1.807) is 0 Å². The fourth-order valence-electron chi connectivity index (χ4n) is 3.13. The van der Waals surface area contributed by atoms with Crippen LogP contribution in [0.3, 0.4) is 0 Å². The molecule has 2 aromatic rings. The van der Waals surface area contributed by atoms with Crippen molar-refractivity contribution in [3.63, 3.8) is 0 Å². The number of rotatable bonds is 5. The maximum absolute atomic E-state index is 12.5. The topological polar surface area (TPSA) is 61.4 Å². The predicted octanol–water partition coefficient (Wildman–Crippen LogP) is 3.04. The van der Waals surface area contributed by atoms with E-state index in [9.17, 15) is 9.59 Å². The van der Waals surface area contributed by atoms with Crippen LogP contribution in [0.25, 0.3) is 0 Å². The first-order valence-corrected chi connectivity index (χ1v) is 8.74. The van der Waals surface area contributed by atoms with Gasteiger partial charge in [-0.2, -0.15) is 0 Å². The van der Waals surface area contributed by atoms with E-state index >= 15 is 0 Å². The van der Waals surface area contributed by atoms with Gasteiger partial charge in [0.15, 0.2) is 0 Å². The van der Waals surface area contributed by atoms with Crippen LogP contribution >= 0.6 is 0 Å². The van der Waals surface area contributed by atoms with Gasteiger partial charge in [0.25, 0.3) is 0 Å². The van der Waals surface area contributed by atoms with Crippen LogP contribution in [0.2, 0.25) is 0 Å². The van der Waals surface area contributed by atoms with Crippen molar-refractivity contribution in [3.8, 4) is 0 Å². The molecule has 0 bridgehead atoms. The van der Waals surface area contributed by atoms with Gasteiger partial charge in [-0.1, -0.05) is 18.2 Å². The maximum Gasteiger partial charge on any atom is 0.246 e. The Morgan fingerprint density at radius 2 is 1.72 bits per heavy atom. The highest BCUT2D eigenvalue weighted by Gasteiger charge is 2.29. The Morgan fingerprint density at radius 3 is 2.48 bits per heavy atom. The van der Waals surface area contributed by atoms with Gasteiger partial charge in [0.2, 0.25) is 11.8 Å². The summed E-state index contributed by atoms with van der Waals surface area (Å²) in [6.45, 7) is 0.994. The molecule has 0 unspecified atom stereocenters. The minimum Gasteiger partial charge on any atom is -0.376 e. The van der Waals surface area contributed by atoms with Crippen LogP contribution in [0.4, 0.5) is 17.1 Å². The molecule has 4 rings (SSSR count). The second-order valence-corrected chi connectivity index (χ2v) is 6.62. The molecule has 5 nitrogen and oxygen atoms in total. The Morgan fingerprint density at radius 1 is 1.00 bits per heavy atom. The van der Waals surface area contributed by atoms with E-state index in [4.69, 9.17) is 0 Å². The minimum absolute atomic E-state index is 0.0658. The molecule has 5 heteroatoms. The summed E-state index contributed by atoms with van der Waals surface area (Å²) in [5.41, 5.74) is 3.91. The summed E-state index contributed by atoms with van der Waals surface area (Å²) in [6, 6.07) is 15.5. The molecule has 2 aliphatic rings. The van der Waals surface area contributed by atoms with Gasteiger partial charge in [-0.3, -0.25) is 9.59 Å². The number of para-hydroxylation sites is 1. The van der Waals surface area contributed by atoms with Crippen molar-refractivity contribution < 1.29 is 9.59 Å². The first-order valence-electron chi connectivity index (χ1n) is 8.74. The summed E-state index contributed by atoms with van der Waals surface area (Å²) >= 11 is 0. The van der Waals surface area contributed by atoms with E-state index in [-0.39, 0.29) is 24.3 Å². The van der Waals surface area contributed by atoms with E-state index in [2.05, 4.69) is 16.7 Å². The summed E-state index contributed by atoms with van der Waals surface area (Å²) in [5.74, 6) is 0.360. The number of hydrogen-bond acceptors (Lipinski definition) is 3. The van der Waals surface area contributed by atoms with Crippen molar-refractivity contribution in [1.82, 2.24) is 0 Å². The van der Waals surface area contributed by atoms with Crippen LogP contribution in [0.1, 0.15) is 18.4 Å². The third-order valence-corrected chi connectivity index (χ3v) is 4.73. The zero-order chi connectivity index (χ0) is 17.2. The fourth-order valence-corrected chi connectivity index (χ4v) is 3.13. The highest BCUT2D eigenvalue weighted by atomic mass is 16.2. The van der Waals surface area contributed by atoms with Crippen molar-refractivity contribution in [3.05, 3.63) is 54.1 Å². The lowest BCUT2D eigenvalue weighted by Crippen LogP contribution is -2.34. The lowest BCUT2D eigenvalue weighted by molar-refractivity contribution is -0.117. The molecule has 2 N–H and O–H groups in total. The Kier molecular flexibility index (Phi) is 4.14. The summed E-state index contributed by atoms with van der Waals surface area (Å²) in [6.07, 6.45) is 2.90. The standard InChI is InChI=1S/C20H21N3O2/c24-19(23-12-11-14-3-1-2-4-18(14)23)13-21-16-7-9-17(10-8-16)22-20(25)15-5-6-15/h1-4,7-10,15,21H,5-6,11-13H2,(H,22,25). The number of nitrogens with one attached hydrogen (secondary N) is 2. The number of fused-ring (bicyclic) bond motifs is 1. The van der Waals surface area contributed by atoms with Gasteiger partial charge in [0.05, 0.1) is 6.54 Å². The zero-order valence-electron chi connectivity index (χ0n) is 14.0. The SMILES string of the molecule is O=C(Nc1ccc(NCC(=O)N2CCc3ccccc32)cc1)C1CC1. The van der Waals surface area contributed by atoms with E-state index in [1.165, 1.54) is 5.56 Å². The molecule has 0 radical (unpaired) electrons. The number of amides is 2. The second kappa shape index (κ2) is 6.59. The van der Waals surface area contributed by atoms with E-state index in [0.717, 1.165) is 42.9 Å². The predicted molar refractivity (Wildman–Crippen MR) is 98.8 cm³/mol. The summed E-state index contributed by atoms with van der Waals surface area (Å²) < 4.78 is 0. The van der Waals surface area contributed by atoms with Crippen molar-refractivity contribution in [1.29, 1.82) is 0 Å². The molecule has 128 valence electrons. The number of hydrogen-bond donors (Lipinski definition) is 2. The van der Waals surface area contributed by atoms with Crippen LogP contribution < -0.4 is 15.5 Å². The number of carbonyl (C=O) groups excluding carboxylic acids is 2. The normalized spacial score (nSPS) is 15.6. The van der Waals surface area contributed by atoms with Gasteiger partial charge in [-0.15, -0.1) is 0 Å². The molecule has 2 amide bonds. The lowest BCUT2D eigenvalue weighted by atomic mass is 10.2. The molecule has 0 saturated heterocycles. The monoisotopic (exact) mass is 335 g/mol. The van der Waals surface area contributed by atoms with E-state index in [1.807, 2.05) is 47.4 Å². The number of nitrogens with zero attached hydrogens (tertiary/aromatic N) is 1. The molecule has 1 fully saturated rings. The highest BCUT2D eigenvalue weighted by Crippen LogP contribution is 2.30. The molecule has 0 atom stereocenters. The second-order valence-electron chi connectivity index (χ2n) is 6.62. The average Bonchev–Trinajstić information content (AvgIpc) is 3.40. The maximum atomic E-state index is 12.5. The quantitative estimate of drug-likeness (QED) is 0.883. The summed E-state index contributed by atoms with van der Waals surface area (Å²) in [5, 5.41) is 6.07. The molecule has 1 saturated carbocycles. The highest BCUT2D eigenvalue weighted by molar-refractivity contribution is 5.98. The largest absolute Gasteiger partial charge is 0.376 e. The van der Waals surface area contributed by atoms with Crippen LogP contribution in [-0.4, -0.2) is 24.9 Å². The fraction of sp³-hybridized carbons (Fsp3) is 0.300. The van der Waals surface area contributed by atoms with Gasteiger partial charge < -0.3 is 15.5 Å². The number of benzene rings is 2. The van der Waals surface area contributed by atoms with Crippen LogP contribution in [-0.2, 0) is 16.0 Å². The first-order chi connectivity index (χ1) is 12.2. The van der Waals surface area contributed by atoms with Crippen LogP contribution in [0.15, 0.2) is 48.5 Å². The Hall–Kier alpha value is -2.82. The number of anilines is 3. The van der Waals surface area contributed by atoms with E-state index in [0.29, 0.717) is 0 Å². The molecular formula is C20H21N3O2. The Labute approximate surface area is 147 Å². The van der Waals surface area contributed by atoms with Gasteiger partial charge >= 0.3 is 0 Å². The van der Waals surface area contributed by atoms with Gasteiger partial charge in [0.1, 0.15) is 0 Å². The van der Waals surface area contributed by atoms with Gasteiger partial charge in [-0.05, 0) is 55.2 Å². The molecule has 2 aromatic carbocycles. The first kappa shape index (κ1) is 15.7. The molecule has 25 heavy (non-hydrogen) atoms. The van der Waals surface area contributed by atoms with Crippen molar-refractivity contribution in [2.24, 2.45) is 5.92 Å². The molecule has 1 aliphatic heterocycles. The molecule has 0 aromatic heterocycles. The van der Waals surface area contributed by atoms with Crippen molar-refractivity contribution in [2.45, 2.75) is 19.3 Å². The Bertz CT molecular complexity index is 797. The van der Waals surface area contributed by atoms with Crippen molar-refractivity contribution >= 4 is 28.9 Å². The molecule has 1 aliphatic carbocycles. The van der Waals surface area contributed by atoms with Gasteiger partial charge in [-0.25, -0.2) is 0 Å². The van der Waals surface area contributed by atoms with E-state index < -0.39 is 0 Å². The lowest BCUT2D eigenvalue weighted by Gasteiger charge is -2.18. The Balaban J connectivity index is 1.32. The number of carbonyl (C=O) groups is 2. The third kappa shape index (κ3) is 3.50. The summed E-state index contributed by atoms with van der Waals surface area (Å²) in [4.78, 5) is 26.1. The minimum atomic E-state index is 0.0658. The summed E-state index contributed by atoms with van der Waals surface area (Å²) in [7, 11) is 0. The zero-order valence-corrected chi connectivity index (χ0v) is 14.0. The van der Waals surface area contributed by atoms with Gasteiger partial charge in [0, 0.05) is 29.5 Å². The van der Waals surface area contributed by atoms with Crippen LogP contribution in [0, 0.1) is 5.92 Å². The third-order valence-electron chi connectivity index (χ3n) is 4.73. The molecule has 1 heterocycles. The molecular weight excluding hydrogens is 314 g/mol. The smallest absolute Gasteiger partial charge is 0.246 e. The van der Waals surface area contributed by atoms with Crippen LogP contribution in [0.5, 0.6) is 0 Å². The molecule has 0 spiro atoms. The average molecular weight is 335 g/mol. The van der Waals surface area contributed by atoms with Crippen molar-refractivity contribution in [2.75, 3.05) is 28.6 Å².